The molecule has 1 aromatic heterocycles. The molecule has 0 fully saturated rings. The fraction of sp³-hybridized carbons (Fsp3) is 0.400. The molecule has 2 aromatic rings. The summed E-state index contributed by atoms with van der Waals surface area (Å²) in [5.41, 5.74) is -1.28. The van der Waals surface area contributed by atoms with Gasteiger partial charge in [-0.25, -0.2) is 8.42 Å². The Kier molecular flexibility index (Phi) is 6.93. The van der Waals surface area contributed by atoms with Crippen molar-refractivity contribution in [2.75, 3.05) is 21.6 Å². The van der Waals surface area contributed by atoms with Gasteiger partial charge in [0, 0.05) is 0 Å². The molecule has 1 aromatic carbocycles. The van der Waals surface area contributed by atoms with Crippen LogP contribution in [0.25, 0.3) is 0 Å². The summed E-state index contributed by atoms with van der Waals surface area (Å²) in [7, 11) is -4.05. The molecule has 0 aliphatic heterocycles. The molecule has 0 unspecified atom stereocenters. The second-order valence-corrected chi connectivity index (χ2v) is 9.93. The summed E-state index contributed by atoms with van der Waals surface area (Å²) in [6, 6.07) is 2.47. The molecule has 0 aliphatic carbocycles. The Hall–Kier alpha value is -1.86. The largest absolute Gasteiger partial charge is 0.416 e. The van der Waals surface area contributed by atoms with Crippen LogP contribution in [0.4, 0.5) is 24.0 Å². The van der Waals surface area contributed by atoms with Crippen molar-refractivity contribution in [2.45, 2.75) is 30.4 Å². The van der Waals surface area contributed by atoms with Crippen LogP contribution in [0, 0.1) is 0 Å². The van der Waals surface area contributed by atoms with Crippen LogP contribution >= 0.6 is 23.1 Å². The van der Waals surface area contributed by atoms with Crippen molar-refractivity contribution in [3.8, 4) is 0 Å². The topological polar surface area (TPSA) is 92.3 Å². The van der Waals surface area contributed by atoms with E-state index >= 15 is 0 Å². The van der Waals surface area contributed by atoms with E-state index < -0.39 is 33.7 Å². The van der Waals surface area contributed by atoms with E-state index in [-0.39, 0.29) is 10.8 Å². The highest BCUT2D eigenvalue weighted by Gasteiger charge is 2.34. The van der Waals surface area contributed by atoms with E-state index in [1.165, 1.54) is 24.8 Å². The van der Waals surface area contributed by atoms with Gasteiger partial charge in [0.05, 0.1) is 17.5 Å². The van der Waals surface area contributed by atoms with Crippen molar-refractivity contribution in [2.24, 2.45) is 0 Å². The van der Waals surface area contributed by atoms with Gasteiger partial charge in [0.25, 0.3) is 0 Å². The van der Waals surface area contributed by atoms with E-state index in [2.05, 4.69) is 15.5 Å². The van der Waals surface area contributed by atoms with E-state index in [1.807, 2.05) is 6.92 Å². The maximum atomic E-state index is 13.0. The van der Waals surface area contributed by atoms with Crippen LogP contribution in [0.5, 0.6) is 0 Å². The number of nitrogens with zero attached hydrogens (tertiary/aromatic N) is 3. The van der Waals surface area contributed by atoms with Crippen molar-refractivity contribution in [3.63, 3.8) is 0 Å². The molecule has 1 heterocycles. The maximum absolute atomic E-state index is 13.0. The average molecular weight is 455 g/mol. The molecule has 0 bridgehead atoms. The van der Waals surface area contributed by atoms with Crippen molar-refractivity contribution in [3.05, 3.63) is 29.8 Å². The second-order valence-electron chi connectivity index (χ2n) is 5.58. The number of carbonyl (C=O) groups excluding carboxylic acids is 1. The number of sulfonamides is 1. The van der Waals surface area contributed by atoms with Gasteiger partial charge in [-0.2, -0.15) is 13.2 Å². The van der Waals surface area contributed by atoms with Gasteiger partial charge in [0.2, 0.25) is 21.1 Å². The Labute approximate surface area is 168 Å². The first-order valence-corrected chi connectivity index (χ1v) is 11.5. The predicted octanol–water partition coefficient (Wildman–Crippen LogP) is 3.46. The Balaban J connectivity index is 2.31. The summed E-state index contributed by atoms with van der Waals surface area (Å²) in [5, 5.41) is 10.3. The molecule has 1 N–H and O–H groups in total. The molecule has 7 nitrogen and oxygen atoms in total. The highest BCUT2D eigenvalue weighted by atomic mass is 32.2. The number of hydrogen-bond donors (Lipinski definition) is 1. The lowest BCUT2D eigenvalue weighted by Gasteiger charge is -2.28. The van der Waals surface area contributed by atoms with Crippen LogP contribution in [0.3, 0.4) is 0 Å². The Bertz CT molecular complexity index is 947. The zero-order valence-corrected chi connectivity index (χ0v) is 17.5. The number of rotatable bonds is 7. The number of aromatic nitrogens is 2. The van der Waals surface area contributed by atoms with Gasteiger partial charge >= 0.3 is 6.18 Å². The highest BCUT2D eigenvalue weighted by Crippen LogP contribution is 2.33. The molecule has 28 heavy (non-hydrogen) atoms. The fourth-order valence-electron chi connectivity index (χ4n) is 2.28. The lowest BCUT2D eigenvalue weighted by molar-refractivity contribution is -0.137. The van der Waals surface area contributed by atoms with Crippen LogP contribution in [-0.4, -0.2) is 42.6 Å². The van der Waals surface area contributed by atoms with Gasteiger partial charge in [0.1, 0.15) is 6.04 Å². The van der Waals surface area contributed by atoms with Gasteiger partial charge in [0.15, 0.2) is 4.34 Å². The third-order valence-electron chi connectivity index (χ3n) is 3.42. The number of thioether (sulfide) groups is 1. The van der Waals surface area contributed by atoms with Crippen molar-refractivity contribution in [1.82, 2.24) is 10.2 Å². The minimum absolute atomic E-state index is 0.172. The van der Waals surface area contributed by atoms with Gasteiger partial charge in [-0.05, 0) is 30.9 Å². The van der Waals surface area contributed by atoms with Crippen molar-refractivity contribution in [1.29, 1.82) is 0 Å². The Morgan fingerprint density at radius 1 is 1.36 bits per heavy atom. The van der Waals surface area contributed by atoms with E-state index in [4.69, 9.17) is 0 Å². The molecule has 1 amide bonds. The summed E-state index contributed by atoms with van der Waals surface area (Å²) < 4.78 is 64.6. The summed E-state index contributed by atoms with van der Waals surface area (Å²) in [4.78, 5) is 12.5. The Morgan fingerprint density at radius 3 is 2.61 bits per heavy atom. The van der Waals surface area contributed by atoms with Crippen molar-refractivity contribution < 1.29 is 26.4 Å². The molecular formula is C15H17F3N4O3S3. The third-order valence-corrected chi connectivity index (χ3v) is 6.52. The van der Waals surface area contributed by atoms with E-state index in [9.17, 15) is 26.4 Å². The maximum Gasteiger partial charge on any atom is 0.416 e. The summed E-state index contributed by atoms with van der Waals surface area (Å²) in [5.74, 6) is 0.0168. The van der Waals surface area contributed by atoms with E-state index in [1.54, 1.807) is 0 Å². The predicted molar refractivity (Wildman–Crippen MR) is 103 cm³/mol. The number of amides is 1. The molecule has 2 rings (SSSR count). The third kappa shape index (κ3) is 5.58. The quantitative estimate of drug-likeness (QED) is 0.509. The zero-order valence-electron chi connectivity index (χ0n) is 15.0. The molecule has 0 saturated heterocycles. The fourth-order valence-corrected chi connectivity index (χ4v) is 5.10. The Morgan fingerprint density at radius 2 is 2.04 bits per heavy atom. The molecule has 0 saturated carbocycles. The molecule has 0 spiro atoms. The zero-order chi connectivity index (χ0) is 21.1. The number of halogens is 3. The standard InChI is InChI=1S/C15H17F3N4O3S3/c1-4-26-14-21-20-13(27-14)19-12(23)9(2)22(28(3,24)25)11-7-5-6-10(8-11)15(16,17)18/h5-9H,4H2,1-3H3,(H,19,20,23)/t9-/m0/s1. The number of anilines is 2. The number of nitrogens with one attached hydrogen (secondary N) is 1. The molecule has 1 atom stereocenters. The smallest absolute Gasteiger partial charge is 0.299 e. The lowest BCUT2D eigenvalue weighted by atomic mass is 10.2. The van der Waals surface area contributed by atoms with Gasteiger partial charge < -0.3 is 0 Å². The molecular weight excluding hydrogens is 437 g/mol. The van der Waals surface area contributed by atoms with Crippen molar-refractivity contribution >= 4 is 49.8 Å². The summed E-state index contributed by atoms with van der Waals surface area (Å²) >= 11 is 2.54. The van der Waals surface area contributed by atoms with Gasteiger partial charge in [-0.1, -0.05) is 36.1 Å². The number of alkyl halides is 3. The first-order valence-electron chi connectivity index (χ1n) is 7.87. The van der Waals surface area contributed by atoms with Crippen LogP contribution in [0.15, 0.2) is 28.6 Å². The number of hydrogen-bond acceptors (Lipinski definition) is 7. The SMILES string of the molecule is CCSc1nnc(NC(=O)[C@H](C)N(c2cccc(C(F)(F)F)c2)S(C)(=O)=O)s1. The average Bonchev–Trinajstić information content (AvgIpc) is 3.00. The molecule has 0 aliphatic rings. The second kappa shape index (κ2) is 8.66. The van der Waals surface area contributed by atoms with E-state index in [0.717, 1.165) is 35.5 Å². The number of benzene rings is 1. The first kappa shape index (κ1) is 22.4. The lowest BCUT2D eigenvalue weighted by Crippen LogP contribution is -2.45. The first-order chi connectivity index (χ1) is 12.9. The molecule has 154 valence electrons. The monoisotopic (exact) mass is 454 g/mol. The minimum atomic E-state index is -4.65. The normalized spacial score (nSPS) is 13.2. The van der Waals surface area contributed by atoms with Crippen LogP contribution in [0.2, 0.25) is 0 Å². The van der Waals surface area contributed by atoms with Crippen LogP contribution in [-0.2, 0) is 21.0 Å². The summed E-state index contributed by atoms with van der Waals surface area (Å²) in [6.45, 7) is 3.20. The summed E-state index contributed by atoms with van der Waals surface area (Å²) in [6.07, 6.45) is -3.83. The van der Waals surface area contributed by atoms with E-state index in [0.29, 0.717) is 14.7 Å². The molecule has 13 heteroatoms. The molecule has 0 radical (unpaired) electrons. The van der Waals surface area contributed by atoms with Crippen LogP contribution < -0.4 is 9.62 Å². The number of carbonyl (C=O) groups is 1. The minimum Gasteiger partial charge on any atom is -0.299 e. The van der Waals surface area contributed by atoms with Crippen LogP contribution in [0.1, 0.15) is 19.4 Å². The highest BCUT2D eigenvalue weighted by molar-refractivity contribution is 8.01. The van der Waals surface area contributed by atoms with Gasteiger partial charge in [-0.15, -0.1) is 10.2 Å². The van der Waals surface area contributed by atoms with Gasteiger partial charge in [-0.3, -0.25) is 14.4 Å².